The summed E-state index contributed by atoms with van der Waals surface area (Å²) in [7, 11) is 0. The van der Waals surface area contributed by atoms with E-state index < -0.39 is 0 Å². The number of rotatable bonds is 4. The Hall–Kier alpha value is -0.920. The number of hydrogen-bond donors (Lipinski definition) is 0. The predicted molar refractivity (Wildman–Crippen MR) is 60.3 cm³/mol. The third-order valence-corrected chi connectivity index (χ3v) is 2.62. The fourth-order valence-electron chi connectivity index (χ4n) is 0.703. The smallest absolute Gasteiger partial charge is 0.134 e. The molecule has 1 aromatic carbocycles. The van der Waals surface area contributed by atoms with Crippen LogP contribution in [0.2, 0.25) is 0 Å². The Morgan fingerprint density at radius 3 is 2.85 bits per heavy atom. The monoisotopic (exact) mass is 208 g/mol. The van der Waals surface area contributed by atoms with Crippen molar-refractivity contribution in [2.45, 2.75) is 0 Å². The van der Waals surface area contributed by atoms with Crippen LogP contribution < -0.4 is 0 Å². The van der Waals surface area contributed by atoms with E-state index >= 15 is 0 Å². The second kappa shape index (κ2) is 6.58. The molecule has 0 unspecified atom stereocenters. The van der Waals surface area contributed by atoms with Gasteiger partial charge in [-0.25, -0.2) is 0 Å². The molecule has 0 saturated carbocycles. The summed E-state index contributed by atoms with van der Waals surface area (Å²) in [5, 5.41) is 11.0. The SMILES string of the molecule is N#CSCSC=Nc1ccccc1. The van der Waals surface area contributed by atoms with Crippen LogP contribution in [0.25, 0.3) is 0 Å². The number of thiocyanates is 1. The van der Waals surface area contributed by atoms with Crippen molar-refractivity contribution in [2.75, 3.05) is 5.08 Å². The highest BCUT2D eigenvalue weighted by Gasteiger charge is 1.84. The van der Waals surface area contributed by atoms with Crippen LogP contribution in [0, 0.1) is 10.7 Å². The van der Waals surface area contributed by atoms with Crippen molar-refractivity contribution in [3.8, 4) is 5.40 Å². The van der Waals surface area contributed by atoms with Gasteiger partial charge in [-0.1, -0.05) is 18.2 Å². The molecule has 0 atom stereocenters. The van der Waals surface area contributed by atoms with E-state index in [9.17, 15) is 0 Å². The standard InChI is InChI=1S/C9H8N2S2/c10-6-12-8-13-7-11-9-4-2-1-3-5-9/h1-5,7H,8H2. The van der Waals surface area contributed by atoms with Gasteiger partial charge in [0.15, 0.2) is 0 Å². The molecule has 0 heterocycles. The van der Waals surface area contributed by atoms with Gasteiger partial charge in [-0.15, -0.1) is 11.8 Å². The Bertz CT molecular complexity index is 303. The molecule has 0 N–H and O–H groups in total. The first-order valence-electron chi connectivity index (χ1n) is 3.63. The first-order chi connectivity index (χ1) is 6.43. The quantitative estimate of drug-likeness (QED) is 0.250. The highest BCUT2D eigenvalue weighted by molar-refractivity contribution is 8.24. The summed E-state index contributed by atoms with van der Waals surface area (Å²) < 4.78 is 0. The average Bonchev–Trinajstić information content (AvgIpc) is 2.19. The number of thioether (sulfide) groups is 2. The van der Waals surface area contributed by atoms with Gasteiger partial charge in [0.05, 0.1) is 16.3 Å². The minimum atomic E-state index is 0.729. The van der Waals surface area contributed by atoms with Crippen molar-refractivity contribution in [1.29, 1.82) is 5.26 Å². The molecule has 0 fully saturated rings. The molecule has 1 aromatic rings. The molecule has 0 radical (unpaired) electrons. The molecule has 66 valence electrons. The van der Waals surface area contributed by atoms with Crippen LogP contribution >= 0.6 is 23.5 Å². The molecule has 0 bridgehead atoms. The van der Waals surface area contributed by atoms with E-state index in [1.165, 1.54) is 23.5 Å². The van der Waals surface area contributed by atoms with Crippen molar-refractivity contribution < 1.29 is 0 Å². The normalized spacial score (nSPS) is 10.1. The van der Waals surface area contributed by atoms with Gasteiger partial charge in [-0.2, -0.15) is 5.26 Å². The maximum Gasteiger partial charge on any atom is 0.134 e. The Morgan fingerprint density at radius 1 is 1.38 bits per heavy atom. The van der Waals surface area contributed by atoms with Crippen LogP contribution in [0.15, 0.2) is 35.3 Å². The maximum atomic E-state index is 8.24. The first kappa shape index (κ1) is 10.2. The number of nitrogens with zero attached hydrogens (tertiary/aromatic N) is 2. The van der Waals surface area contributed by atoms with Crippen LogP contribution in [0.4, 0.5) is 5.69 Å². The fourth-order valence-corrected chi connectivity index (χ4v) is 1.63. The molecule has 1 rings (SSSR count). The molecule has 4 heteroatoms. The lowest BCUT2D eigenvalue weighted by Gasteiger charge is -1.90. The van der Waals surface area contributed by atoms with Gasteiger partial charge in [-0.3, -0.25) is 4.99 Å². The third-order valence-electron chi connectivity index (χ3n) is 1.22. The van der Waals surface area contributed by atoms with Gasteiger partial charge in [0.2, 0.25) is 0 Å². The maximum absolute atomic E-state index is 8.24. The summed E-state index contributed by atoms with van der Waals surface area (Å²) in [5.74, 6) is 0. The van der Waals surface area contributed by atoms with Crippen LogP contribution in [-0.4, -0.2) is 10.6 Å². The van der Waals surface area contributed by atoms with Gasteiger partial charge < -0.3 is 0 Å². The Kier molecular flexibility index (Phi) is 5.14. The zero-order chi connectivity index (χ0) is 9.36. The molecular formula is C9H8N2S2. The van der Waals surface area contributed by atoms with Gasteiger partial charge in [0, 0.05) is 0 Å². The summed E-state index contributed by atoms with van der Waals surface area (Å²) in [5.41, 5.74) is 2.71. The van der Waals surface area contributed by atoms with Crippen LogP contribution in [0.5, 0.6) is 0 Å². The van der Waals surface area contributed by atoms with Crippen molar-refractivity contribution >= 4 is 34.8 Å². The summed E-state index contributed by atoms with van der Waals surface area (Å²) in [6, 6.07) is 9.73. The summed E-state index contributed by atoms with van der Waals surface area (Å²) in [4.78, 5) is 4.19. The second-order valence-corrected chi connectivity index (χ2v) is 4.05. The largest absolute Gasteiger partial charge is 0.250 e. The number of aliphatic imine (C=N–C) groups is 1. The van der Waals surface area contributed by atoms with Gasteiger partial charge in [0.25, 0.3) is 0 Å². The fraction of sp³-hybridized carbons (Fsp3) is 0.111. The zero-order valence-corrected chi connectivity index (χ0v) is 8.52. The highest BCUT2D eigenvalue weighted by atomic mass is 32.2. The minimum Gasteiger partial charge on any atom is -0.250 e. The summed E-state index contributed by atoms with van der Waals surface area (Å²) in [6.45, 7) is 0. The molecule has 0 aliphatic carbocycles. The molecule has 13 heavy (non-hydrogen) atoms. The lowest BCUT2D eigenvalue weighted by Crippen LogP contribution is -1.68. The number of nitriles is 1. The Labute approximate surface area is 86.1 Å². The van der Waals surface area contributed by atoms with E-state index in [0.717, 1.165) is 10.8 Å². The van der Waals surface area contributed by atoms with E-state index in [2.05, 4.69) is 4.99 Å². The van der Waals surface area contributed by atoms with E-state index in [4.69, 9.17) is 5.26 Å². The van der Waals surface area contributed by atoms with Crippen molar-refractivity contribution in [3.63, 3.8) is 0 Å². The summed E-state index contributed by atoms with van der Waals surface area (Å²) >= 11 is 2.74. The van der Waals surface area contributed by atoms with Crippen molar-refractivity contribution in [2.24, 2.45) is 4.99 Å². The minimum absolute atomic E-state index is 0.729. The number of para-hydroxylation sites is 1. The Morgan fingerprint density at radius 2 is 2.15 bits per heavy atom. The Balaban J connectivity index is 2.29. The summed E-state index contributed by atoms with van der Waals surface area (Å²) in [6.07, 6.45) is 0. The van der Waals surface area contributed by atoms with E-state index in [1.54, 1.807) is 5.55 Å². The lowest BCUT2D eigenvalue weighted by atomic mass is 10.3. The molecule has 0 aliphatic heterocycles. The molecule has 0 aliphatic rings. The molecule has 2 nitrogen and oxygen atoms in total. The zero-order valence-electron chi connectivity index (χ0n) is 6.88. The average molecular weight is 208 g/mol. The van der Waals surface area contributed by atoms with E-state index in [-0.39, 0.29) is 0 Å². The first-order valence-corrected chi connectivity index (χ1v) is 5.67. The van der Waals surface area contributed by atoms with E-state index in [1.807, 2.05) is 35.7 Å². The van der Waals surface area contributed by atoms with Crippen LogP contribution in [0.3, 0.4) is 0 Å². The lowest BCUT2D eigenvalue weighted by molar-refractivity contribution is 1.55. The van der Waals surface area contributed by atoms with Crippen molar-refractivity contribution in [3.05, 3.63) is 30.3 Å². The number of hydrogen-bond acceptors (Lipinski definition) is 4. The molecule has 0 amide bonds. The molecule has 0 aromatic heterocycles. The van der Waals surface area contributed by atoms with Crippen molar-refractivity contribution in [1.82, 2.24) is 0 Å². The second-order valence-electron chi connectivity index (χ2n) is 2.09. The highest BCUT2D eigenvalue weighted by Crippen LogP contribution is 2.12. The van der Waals surface area contributed by atoms with E-state index in [0.29, 0.717) is 0 Å². The van der Waals surface area contributed by atoms with Gasteiger partial charge in [-0.05, 0) is 23.9 Å². The molecular weight excluding hydrogens is 200 g/mol. The molecule has 0 saturated heterocycles. The predicted octanol–water partition coefficient (Wildman–Crippen LogP) is 3.25. The van der Waals surface area contributed by atoms with Crippen LogP contribution in [-0.2, 0) is 0 Å². The van der Waals surface area contributed by atoms with Crippen LogP contribution in [0.1, 0.15) is 0 Å². The molecule has 0 spiro atoms. The van der Waals surface area contributed by atoms with Gasteiger partial charge >= 0.3 is 0 Å². The van der Waals surface area contributed by atoms with Gasteiger partial charge in [0.1, 0.15) is 5.40 Å². The topological polar surface area (TPSA) is 36.1 Å². The number of benzene rings is 1. The third kappa shape index (κ3) is 4.61.